The molecule has 0 aliphatic carbocycles. The van der Waals surface area contributed by atoms with Gasteiger partial charge in [0.15, 0.2) is 6.61 Å². The van der Waals surface area contributed by atoms with Gasteiger partial charge in [-0.05, 0) is 12.0 Å². The molecule has 0 saturated heterocycles. The van der Waals surface area contributed by atoms with Crippen molar-refractivity contribution < 1.29 is 14.3 Å². The highest BCUT2D eigenvalue weighted by Gasteiger charge is 2.20. The van der Waals surface area contributed by atoms with Gasteiger partial charge in [0, 0.05) is 0 Å². The number of hydrogen-bond donors (Lipinski definition) is 1. The molecule has 0 heterocycles. The molecule has 2 N–H and O–H groups in total. The molecule has 4 nitrogen and oxygen atoms in total. The summed E-state index contributed by atoms with van der Waals surface area (Å²) in [6.07, 6.45) is 0.627. The second-order valence-electron chi connectivity index (χ2n) is 3.45. The maximum absolute atomic E-state index is 11.6. The number of primary amides is 1. The Kier molecular flexibility index (Phi) is 4.51. The molecule has 0 saturated carbocycles. The Morgan fingerprint density at radius 3 is 2.44 bits per heavy atom. The molecule has 0 aliphatic heterocycles. The van der Waals surface area contributed by atoms with Crippen LogP contribution in [-0.4, -0.2) is 18.5 Å². The van der Waals surface area contributed by atoms with Crippen molar-refractivity contribution in [1.29, 1.82) is 0 Å². The van der Waals surface area contributed by atoms with Crippen LogP contribution in [0, 0.1) is 0 Å². The minimum absolute atomic E-state index is 0.333. The first-order valence-electron chi connectivity index (χ1n) is 5.15. The van der Waals surface area contributed by atoms with Crippen LogP contribution in [0.1, 0.15) is 24.8 Å². The van der Waals surface area contributed by atoms with E-state index < -0.39 is 11.9 Å². The van der Waals surface area contributed by atoms with Gasteiger partial charge in [0.05, 0.1) is 5.92 Å². The first-order chi connectivity index (χ1) is 7.65. The fourth-order valence-electron chi connectivity index (χ4n) is 1.47. The zero-order valence-electron chi connectivity index (χ0n) is 9.18. The van der Waals surface area contributed by atoms with Gasteiger partial charge < -0.3 is 10.5 Å². The normalized spacial score (nSPS) is 11.8. The van der Waals surface area contributed by atoms with Crippen LogP contribution in [-0.2, 0) is 14.3 Å². The lowest BCUT2D eigenvalue weighted by Gasteiger charge is -2.13. The number of rotatable bonds is 5. The van der Waals surface area contributed by atoms with E-state index >= 15 is 0 Å². The van der Waals surface area contributed by atoms with Crippen molar-refractivity contribution in [2.24, 2.45) is 5.73 Å². The van der Waals surface area contributed by atoms with Crippen molar-refractivity contribution in [3.8, 4) is 0 Å². The summed E-state index contributed by atoms with van der Waals surface area (Å²) in [4.78, 5) is 22.1. The van der Waals surface area contributed by atoms with Crippen molar-refractivity contribution in [2.75, 3.05) is 6.61 Å². The number of nitrogens with two attached hydrogens (primary N) is 1. The second kappa shape index (κ2) is 5.90. The molecule has 0 aromatic heterocycles. The molecule has 1 aromatic rings. The minimum Gasteiger partial charge on any atom is -0.455 e. The predicted molar refractivity (Wildman–Crippen MR) is 59.6 cm³/mol. The second-order valence-corrected chi connectivity index (χ2v) is 3.45. The van der Waals surface area contributed by atoms with Crippen LogP contribution in [0.4, 0.5) is 0 Å². The summed E-state index contributed by atoms with van der Waals surface area (Å²) in [7, 11) is 0. The van der Waals surface area contributed by atoms with Crippen LogP contribution >= 0.6 is 0 Å². The molecule has 0 spiro atoms. The third kappa shape index (κ3) is 3.38. The lowest BCUT2D eigenvalue weighted by Crippen LogP contribution is -2.24. The van der Waals surface area contributed by atoms with Gasteiger partial charge in [-0.25, -0.2) is 0 Å². The van der Waals surface area contributed by atoms with E-state index in [1.165, 1.54) is 0 Å². The Morgan fingerprint density at radius 2 is 1.94 bits per heavy atom. The Labute approximate surface area is 94.4 Å². The van der Waals surface area contributed by atoms with Crippen molar-refractivity contribution in [2.45, 2.75) is 19.3 Å². The Hall–Kier alpha value is -1.84. The van der Waals surface area contributed by atoms with Gasteiger partial charge in [0.25, 0.3) is 5.91 Å². The summed E-state index contributed by atoms with van der Waals surface area (Å²) in [5.41, 5.74) is 5.79. The Morgan fingerprint density at radius 1 is 1.31 bits per heavy atom. The summed E-state index contributed by atoms with van der Waals surface area (Å²) in [6, 6.07) is 9.32. The predicted octanol–water partition coefficient (Wildman–Crippen LogP) is 1.21. The van der Waals surface area contributed by atoms with Gasteiger partial charge in [-0.15, -0.1) is 0 Å². The fraction of sp³-hybridized carbons (Fsp3) is 0.333. The zero-order chi connectivity index (χ0) is 12.0. The smallest absolute Gasteiger partial charge is 0.313 e. The monoisotopic (exact) mass is 221 g/mol. The van der Waals surface area contributed by atoms with Gasteiger partial charge in [-0.3, -0.25) is 9.59 Å². The lowest BCUT2D eigenvalue weighted by atomic mass is 9.97. The molecule has 0 aliphatic rings. The molecular formula is C12H15NO3. The van der Waals surface area contributed by atoms with Crippen molar-refractivity contribution in [1.82, 2.24) is 0 Å². The Balaban J connectivity index is 2.68. The molecule has 4 heteroatoms. The van der Waals surface area contributed by atoms with E-state index in [-0.39, 0.29) is 12.5 Å². The first kappa shape index (κ1) is 12.2. The standard InChI is InChI=1S/C12H15NO3/c1-2-10(9-6-4-3-5-7-9)12(15)16-8-11(13)14/h3-7,10H,2,8H2,1H3,(H2,13,14)/t10-/m0/s1. The first-order valence-corrected chi connectivity index (χ1v) is 5.15. The van der Waals surface area contributed by atoms with Crippen molar-refractivity contribution in [3.63, 3.8) is 0 Å². The third-order valence-corrected chi connectivity index (χ3v) is 2.25. The maximum Gasteiger partial charge on any atom is 0.313 e. The molecule has 86 valence electrons. The van der Waals surface area contributed by atoms with E-state index in [1.54, 1.807) is 0 Å². The van der Waals surface area contributed by atoms with Crippen molar-refractivity contribution >= 4 is 11.9 Å². The number of esters is 1. The average molecular weight is 221 g/mol. The van der Waals surface area contributed by atoms with E-state index in [4.69, 9.17) is 10.5 Å². The summed E-state index contributed by atoms with van der Waals surface area (Å²) in [6.45, 7) is 1.53. The molecule has 0 bridgehead atoms. The van der Waals surface area contributed by atoms with Gasteiger partial charge >= 0.3 is 5.97 Å². The number of hydrogen-bond acceptors (Lipinski definition) is 3. The molecular weight excluding hydrogens is 206 g/mol. The van der Waals surface area contributed by atoms with Gasteiger partial charge in [0.2, 0.25) is 0 Å². The van der Waals surface area contributed by atoms with Crippen molar-refractivity contribution in [3.05, 3.63) is 35.9 Å². The molecule has 0 fully saturated rings. The van der Waals surface area contributed by atoms with Crippen LogP contribution in [0.25, 0.3) is 0 Å². The number of ether oxygens (including phenoxy) is 1. The minimum atomic E-state index is -0.642. The van der Waals surface area contributed by atoms with E-state index in [0.29, 0.717) is 6.42 Å². The van der Waals surface area contributed by atoms with Gasteiger partial charge in [-0.1, -0.05) is 37.3 Å². The molecule has 1 amide bonds. The molecule has 1 atom stereocenters. The largest absolute Gasteiger partial charge is 0.455 e. The SMILES string of the molecule is CC[C@H](C(=O)OCC(N)=O)c1ccccc1. The fourth-order valence-corrected chi connectivity index (χ4v) is 1.47. The number of carbonyl (C=O) groups is 2. The van der Waals surface area contributed by atoms with E-state index in [9.17, 15) is 9.59 Å². The highest BCUT2D eigenvalue weighted by atomic mass is 16.5. The molecule has 0 unspecified atom stereocenters. The average Bonchev–Trinajstić information content (AvgIpc) is 2.29. The van der Waals surface area contributed by atoms with Crippen LogP contribution in [0.15, 0.2) is 30.3 Å². The lowest BCUT2D eigenvalue weighted by molar-refractivity contribution is -0.149. The van der Waals surface area contributed by atoms with E-state index in [1.807, 2.05) is 37.3 Å². The van der Waals surface area contributed by atoms with Gasteiger partial charge in [-0.2, -0.15) is 0 Å². The highest BCUT2D eigenvalue weighted by molar-refractivity contribution is 5.82. The molecule has 1 aromatic carbocycles. The van der Waals surface area contributed by atoms with E-state index in [2.05, 4.69) is 0 Å². The quantitative estimate of drug-likeness (QED) is 0.760. The van der Waals surface area contributed by atoms with Crippen LogP contribution < -0.4 is 5.73 Å². The zero-order valence-corrected chi connectivity index (χ0v) is 9.18. The molecule has 0 radical (unpaired) electrons. The summed E-state index contributed by atoms with van der Waals surface area (Å²) >= 11 is 0. The van der Waals surface area contributed by atoms with Gasteiger partial charge in [0.1, 0.15) is 0 Å². The third-order valence-electron chi connectivity index (χ3n) is 2.25. The summed E-state index contributed by atoms with van der Waals surface area (Å²) < 4.78 is 4.80. The highest BCUT2D eigenvalue weighted by Crippen LogP contribution is 2.20. The summed E-state index contributed by atoms with van der Waals surface area (Å²) in [5, 5.41) is 0. The Bertz CT molecular complexity index is 362. The summed E-state index contributed by atoms with van der Waals surface area (Å²) in [5.74, 6) is -1.38. The molecule has 16 heavy (non-hydrogen) atoms. The maximum atomic E-state index is 11.6. The van der Waals surface area contributed by atoms with Crippen LogP contribution in [0.3, 0.4) is 0 Å². The number of carbonyl (C=O) groups excluding carboxylic acids is 2. The number of amides is 1. The molecule has 1 rings (SSSR count). The van der Waals surface area contributed by atoms with E-state index in [0.717, 1.165) is 5.56 Å². The van der Waals surface area contributed by atoms with Crippen LogP contribution in [0.2, 0.25) is 0 Å². The topological polar surface area (TPSA) is 69.4 Å². The number of benzene rings is 1. The van der Waals surface area contributed by atoms with Crippen LogP contribution in [0.5, 0.6) is 0 Å².